The van der Waals surface area contributed by atoms with Crippen LogP contribution in [0.25, 0.3) is 0 Å². The van der Waals surface area contributed by atoms with E-state index in [1.807, 2.05) is 0 Å². The van der Waals surface area contributed by atoms with Gasteiger partial charge >= 0.3 is 5.97 Å². The minimum Gasteiger partial charge on any atom is -0.481 e. The van der Waals surface area contributed by atoms with Crippen LogP contribution in [-0.4, -0.2) is 50.4 Å². The lowest BCUT2D eigenvalue weighted by Gasteiger charge is -2.24. The molecule has 5 atom stereocenters. The monoisotopic (exact) mass is 656 g/mol. The Morgan fingerprint density at radius 2 is 1.89 bits per heavy atom. The second-order valence-electron chi connectivity index (χ2n) is 7.58. The quantitative estimate of drug-likeness (QED) is 0.143. The molecule has 0 amide bonds. The minimum atomic E-state index is -0.776. The first-order valence-corrected chi connectivity index (χ1v) is 17.8. The van der Waals surface area contributed by atoms with Gasteiger partial charge < -0.3 is 15.3 Å². The van der Waals surface area contributed by atoms with Gasteiger partial charge in [-0.2, -0.15) is 11.8 Å². The fraction of sp³-hybridized carbons (Fsp3) is 0.850. The summed E-state index contributed by atoms with van der Waals surface area (Å²) in [6, 6.07) is 0. The number of aliphatic hydroxyl groups is 2. The molecule has 3 N–H and O–H groups in total. The lowest BCUT2D eigenvalue weighted by atomic mass is 9.84. The van der Waals surface area contributed by atoms with Crippen molar-refractivity contribution in [3.05, 3.63) is 0 Å². The number of carboxylic acids is 1. The lowest BCUT2D eigenvalue weighted by molar-refractivity contribution is -0.133. The van der Waals surface area contributed by atoms with Crippen molar-refractivity contribution in [3.63, 3.8) is 0 Å². The van der Waals surface area contributed by atoms with Gasteiger partial charge in [-0.15, -0.1) is 11.6 Å². The van der Waals surface area contributed by atoms with Gasteiger partial charge in [0.25, 0.3) is 0 Å². The molecule has 28 heavy (non-hydrogen) atoms. The fourth-order valence-corrected chi connectivity index (χ4v) is 5.31. The van der Waals surface area contributed by atoms with Crippen LogP contribution in [0.2, 0.25) is 0 Å². The number of aliphatic hydroxyl groups excluding tert-OH is 2. The predicted octanol–water partition coefficient (Wildman–Crippen LogP) is 5.29. The molecule has 0 unspecified atom stereocenters. The highest BCUT2D eigenvalue weighted by atomic mass is 128. The summed E-state index contributed by atoms with van der Waals surface area (Å²) in [6.07, 6.45) is 7.89. The highest BCUT2D eigenvalue weighted by Crippen LogP contribution is 2.39. The summed E-state index contributed by atoms with van der Waals surface area (Å²) >= 11 is 12.1. The molecular formula is C20H31ClI2O4S. The molecule has 0 bridgehead atoms. The molecule has 0 aliphatic heterocycles. The van der Waals surface area contributed by atoms with Crippen molar-refractivity contribution in [2.75, 3.05) is 11.5 Å². The summed E-state index contributed by atoms with van der Waals surface area (Å²) in [7, 11) is 0. The van der Waals surface area contributed by atoms with E-state index >= 15 is 0 Å². The van der Waals surface area contributed by atoms with E-state index in [0.717, 1.165) is 37.9 Å². The van der Waals surface area contributed by atoms with Crippen molar-refractivity contribution in [1.82, 2.24) is 0 Å². The van der Waals surface area contributed by atoms with Crippen molar-refractivity contribution in [2.45, 2.75) is 75.4 Å². The summed E-state index contributed by atoms with van der Waals surface area (Å²) in [5.74, 6) is 6.62. The van der Waals surface area contributed by atoms with Crippen LogP contribution in [0.15, 0.2) is 0 Å². The molecule has 0 aromatic carbocycles. The van der Waals surface area contributed by atoms with Crippen molar-refractivity contribution >= 4 is 66.6 Å². The van der Waals surface area contributed by atoms with Gasteiger partial charge in [0.05, 0.1) is 17.8 Å². The molecule has 162 valence electrons. The lowest BCUT2D eigenvalue weighted by Crippen LogP contribution is -2.23. The molecule has 8 heteroatoms. The molecule has 2 aliphatic carbocycles. The smallest absolute Gasteiger partial charge is 0.313 e. The number of hydrogen-bond acceptors (Lipinski definition) is 4. The maximum Gasteiger partial charge on any atom is 0.313 e. The molecule has 0 saturated heterocycles. The zero-order chi connectivity index (χ0) is 20.9. The fourth-order valence-electron chi connectivity index (χ4n) is 4.12. The first-order valence-electron chi connectivity index (χ1n) is 9.94. The maximum absolute atomic E-state index is 10.5. The molecule has 2 aliphatic rings. The zero-order valence-electron chi connectivity index (χ0n) is 16.0. The van der Waals surface area contributed by atoms with Crippen LogP contribution in [0.4, 0.5) is 0 Å². The van der Waals surface area contributed by atoms with Crippen LogP contribution in [0.3, 0.4) is 0 Å². The zero-order valence-corrected chi connectivity index (χ0v) is 21.9. The Bertz CT molecular complexity index is 508. The highest BCUT2D eigenvalue weighted by molar-refractivity contribution is 15.0. The van der Waals surface area contributed by atoms with E-state index in [2.05, 4.69) is 49.1 Å². The molecule has 0 aromatic heterocycles. The third-order valence-electron chi connectivity index (χ3n) is 5.60. The van der Waals surface area contributed by atoms with Crippen molar-refractivity contribution < 1.29 is 20.1 Å². The van der Waals surface area contributed by atoms with Crippen LogP contribution in [-0.2, 0) is 4.79 Å². The third-order valence-corrected chi connectivity index (χ3v) is 7.13. The average molecular weight is 657 g/mol. The number of carbonyl (C=O) groups is 1. The highest BCUT2D eigenvalue weighted by Gasteiger charge is 2.40. The van der Waals surface area contributed by atoms with E-state index in [9.17, 15) is 15.0 Å². The molecule has 2 saturated carbocycles. The normalized spacial score (nSPS) is 28.6. The topological polar surface area (TPSA) is 77.8 Å². The van der Waals surface area contributed by atoms with Gasteiger partial charge in [0.1, 0.15) is 6.10 Å². The Morgan fingerprint density at radius 1 is 1.21 bits per heavy atom. The standard InChI is InChI=1S/C20H31ClO4S.I2/c21-17-12-19(23)16(9-10-18(22)14-6-2-1-3-7-14)15(17)8-4-5-11-26-13-20(24)25;1-2/h14-19,22-23H,1-8,11-13H2,(H,24,25);/t15-,16-,17-,18-,19-;/m1./s1. The number of thioether (sulfide) groups is 1. The van der Waals surface area contributed by atoms with Crippen LogP contribution >= 0.6 is 60.6 Å². The average Bonchev–Trinajstić information content (AvgIpc) is 2.97. The molecule has 0 aromatic rings. The molecule has 2 rings (SSSR count). The predicted molar refractivity (Wildman–Crippen MR) is 134 cm³/mol. The Hall–Kier alpha value is 1.05. The van der Waals surface area contributed by atoms with Crippen LogP contribution in [0.5, 0.6) is 0 Å². The van der Waals surface area contributed by atoms with E-state index in [1.54, 1.807) is 0 Å². The van der Waals surface area contributed by atoms with E-state index in [4.69, 9.17) is 16.7 Å². The van der Waals surface area contributed by atoms with Crippen molar-refractivity contribution in [2.24, 2.45) is 17.8 Å². The summed E-state index contributed by atoms with van der Waals surface area (Å²) in [5.41, 5.74) is 0. The number of rotatable bonds is 8. The largest absolute Gasteiger partial charge is 0.481 e. The minimum absolute atomic E-state index is 0.0807. The second kappa shape index (κ2) is 15.8. The first kappa shape index (κ1) is 27.1. The summed E-state index contributed by atoms with van der Waals surface area (Å²) in [4.78, 5) is 10.5. The molecule has 0 heterocycles. The molecule has 0 radical (unpaired) electrons. The van der Waals surface area contributed by atoms with Gasteiger partial charge in [-0.3, -0.25) is 4.79 Å². The number of halogens is 3. The first-order chi connectivity index (χ1) is 13.5. The molecule has 0 spiro atoms. The molecule has 2 fully saturated rings. The maximum atomic E-state index is 10.5. The third kappa shape index (κ3) is 9.90. The van der Waals surface area contributed by atoms with E-state index in [0.29, 0.717) is 6.42 Å². The van der Waals surface area contributed by atoms with Crippen LogP contribution < -0.4 is 0 Å². The second-order valence-corrected chi connectivity index (χ2v) is 9.25. The number of hydrogen-bond donors (Lipinski definition) is 3. The SMILES string of the molecule is II.O=C(O)CSCCCC[C@@H]1[C@@H](C#C[C@@H](O)C2CCCCC2)[C@H](O)C[C@H]1Cl. The number of aliphatic carboxylic acids is 1. The summed E-state index contributed by atoms with van der Waals surface area (Å²) < 4.78 is 0. The van der Waals surface area contributed by atoms with Gasteiger partial charge in [-0.1, -0.05) is 37.5 Å². The molecule has 4 nitrogen and oxygen atoms in total. The van der Waals surface area contributed by atoms with Gasteiger partial charge in [-0.25, -0.2) is 0 Å². The molecular weight excluding hydrogens is 626 g/mol. The van der Waals surface area contributed by atoms with E-state index in [-0.39, 0.29) is 28.9 Å². The van der Waals surface area contributed by atoms with Crippen LogP contribution in [0.1, 0.15) is 57.8 Å². The Kier molecular flexibility index (Phi) is 15.3. The number of alkyl halides is 1. The van der Waals surface area contributed by atoms with Crippen molar-refractivity contribution in [1.29, 1.82) is 0 Å². The Balaban J connectivity index is 0.00000190. The van der Waals surface area contributed by atoms with Gasteiger partial charge in [-0.05, 0) is 49.7 Å². The van der Waals surface area contributed by atoms with Gasteiger partial charge in [0, 0.05) is 42.6 Å². The number of carboxylic acid groups (broad SMARTS) is 1. The van der Waals surface area contributed by atoms with Gasteiger partial charge in [0.15, 0.2) is 0 Å². The van der Waals surface area contributed by atoms with E-state index in [1.165, 1.54) is 31.0 Å². The van der Waals surface area contributed by atoms with Crippen LogP contribution in [0, 0.1) is 29.6 Å². The Morgan fingerprint density at radius 3 is 2.54 bits per heavy atom. The van der Waals surface area contributed by atoms with Gasteiger partial charge in [0.2, 0.25) is 0 Å². The number of unbranched alkanes of at least 4 members (excludes halogenated alkanes) is 1. The summed E-state index contributed by atoms with van der Waals surface area (Å²) in [5, 5.41) is 29.2. The Labute approximate surface area is 201 Å². The van der Waals surface area contributed by atoms with Crippen molar-refractivity contribution in [3.8, 4) is 11.8 Å². The summed E-state index contributed by atoms with van der Waals surface area (Å²) in [6.45, 7) is 0. The van der Waals surface area contributed by atoms with E-state index < -0.39 is 18.2 Å².